The van der Waals surface area contributed by atoms with Crippen molar-refractivity contribution in [2.24, 2.45) is 0 Å². The normalized spacial score (nSPS) is 14.7. The Hall–Kier alpha value is -1.72. The molecule has 3 rings (SSSR count). The highest BCUT2D eigenvalue weighted by Crippen LogP contribution is 2.21. The Kier molecular flexibility index (Phi) is 5.99. The summed E-state index contributed by atoms with van der Waals surface area (Å²) in [5, 5.41) is 0.738. The van der Waals surface area contributed by atoms with E-state index in [9.17, 15) is 4.79 Å². The topological polar surface area (TPSA) is 36.4 Å². The zero-order valence-electron chi connectivity index (χ0n) is 13.4. The number of thioether (sulfide) groups is 1. The number of hydrogen-bond donors (Lipinski definition) is 0. The van der Waals surface area contributed by atoms with E-state index in [0.717, 1.165) is 41.8 Å². The summed E-state index contributed by atoms with van der Waals surface area (Å²) in [7, 11) is 0. The van der Waals surface area contributed by atoms with Crippen LogP contribution in [0.15, 0.2) is 53.7 Å². The van der Waals surface area contributed by atoms with Crippen molar-refractivity contribution >= 4 is 35.0 Å². The van der Waals surface area contributed by atoms with Gasteiger partial charge < -0.3 is 9.80 Å². The molecule has 1 aromatic carbocycles. The van der Waals surface area contributed by atoms with Crippen LogP contribution in [0.25, 0.3) is 0 Å². The van der Waals surface area contributed by atoms with E-state index < -0.39 is 0 Å². The molecule has 6 heteroatoms. The molecule has 0 spiro atoms. The predicted octanol–water partition coefficient (Wildman–Crippen LogP) is 3.57. The van der Waals surface area contributed by atoms with Crippen LogP contribution in [-0.4, -0.2) is 47.7 Å². The van der Waals surface area contributed by atoms with Gasteiger partial charge in [0, 0.05) is 66.4 Å². The quantitative estimate of drug-likeness (QED) is 0.763. The molecule has 1 aliphatic rings. The van der Waals surface area contributed by atoms with Gasteiger partial charge in [-0.15, -0.1) is 11.8 Å². The summed E-state index contributed by atoms with van der Waals surface area (Å²) in [6.45, 7) is 3.32. The molecule has 1 amide bonds. The third-order valence-corrected chi connectivity index (χ3v) is 5.32. The second-order valence-electron chi connectivity index (χ2n) is 5.63. The van der Waals surface area contributed by atoms with Crippen LogP contribution in [0.4, 0.5) is 5.69 Å². The van der Waals surface area contributed by atoms with Gasteiger partial charge in [0.05, 0.1) is 0 Å². The largest absolute Gasteiger partial charge is 0.368 e. The molecule has 0 N–H and O–H groups in total. The SMILES string of the molecule is O=C(CCSc1ccc(Cl)cc1)N1CCN(c2ccncc2)CC1. The molecular formula is C18H20ClN3OS. The second-order valence-corrected chi connectivity index (χ2v) is 7.23. The summed E-state index contributed by atoms with van der Waals surface area (Å²) in [6, 6.07) is 11.8. The van der Waals surface area contributed by atoms with Gasteiger partial charge in [-0.25, -0.2) is 0 Å². The molecule has 1 saturated heterocycles. The Morgan fingerprint density at radius 2 is 1.71 bits per heavy atom. The van der Waals surface area contributed by atoms with E-state index in [4.69, 9.17) is 11.6 Å². The number of amides is 1. The predicted molar refractivity (Wildman–Crippen MR) is 99.8 cm³/mol. The summed E-state index contributed by atoms with van der Waals surface area (Å²) < 4.78 is 0. The highest BCUT2D eigenvalue weighted by Gasteiger charge is 2.20. The van der Waals surface area contributed by atoms with Gasteiger partial charge in [0.1, 0.15) is 0 Å². The maximum Gasteiger partial charge on any atom is 0.223 e. The lowest BCUT2D eigenvalue weighted by Crippen LogP contribution is -2.48. The molecule has 2 aromatic rings. The lowest BCUT2D eigenvalue weighted by atomic mass is 10.2. The molecule has 0 atom stereocenters. The Bertz CT molecular complexity index is 658. The van der Waals surface area contributed by atoms with Gasteiger partial charge in [-0.05, 0) is 36.4 Å². The van der Waals surface area contributed by atoms with Crippen LogP contribution in [0.5, 0.6) is 0 Å². The Morgan fingerprint density at radius 3 is 2.38 bits per heavy atom. The zero-order chi connectivity index (χ0) is 16.8. The van der Waals surface area contributed by atoms with Crippen molar-refractivity contribution in [2.75, 3.05) is 36.8 Å². The number of carbonyl (C=O) groups excluding carboxylic acids is 1. The first-order valence-corrected chi connectivity index (χ1v) is 9.40. The summed E-state index contributed by atoms with van der Waals surface area (Å²) >= 11 is 7.57. The zero-order valence-corrected chi connectivity index (χ0v) is 15.0. The summed E-state index contributed by atoms with van der Waals surface area (Å²) in [4.78, 5) is 21.8. The van der Waals surface area contributed by atoms with Crippen molar-refractivity contribution in [1.29, 1.82) is 0 Å². The Labute approximate surface area is 151 Å². The third kappa shape index (κ3) is 4.65. The maximum atomic E-state index is 12.3. The van der Waals surface area contributed by atoms with E-state index in [-0.39, 0.29) is 5.91 Å². The smallest absolute Gasteiger partial charge is 0.223 e. The van der Waals surface area contributed by atoms with Crippen LogP contribution in [0.3, 0.4) is 0 Å². The van der Waals surface area contributed by atoms with Crippen molar-refractivity contribution in [3.8, 4) is 0 Å². The van der Waals surface area contributed by atoms with Crippen molar-refractivity contribution in [3.05, 3.63) is 53.8 Å². The number of hydrogen-bond acceptors (Lipinski definition) is 4. The van der Waals surface area contributed by atoms with E-state index in [1.807, 2.05) is 41.3 Å². The molecule has 0 radical (unpaired) electrons. The number of halogens is 1. The first kappa shape index (κ1) is 17.1. The molecule has 1 aliphatic heterocycles. The highest BCUT2D eigenvalue weighted by atomic mass is 35.5. The molecule has 1 fully saturated rings. The minimum Gasteiger partial charge on any atom is -0.368 e. The van der Waals surface area contributed by atoms with Crippen LogP contribution in [-0.2, 0) is 4.79 Å². The summed E-state index contributed by atoms with van der Waals surface area (Å²) in [6.07, 6.45) is 4.18. The number of carbonyl (C=O) groups is 1. The maximum absolute atomic E-state index is 12.3. The number of benzene rings is 1. The minimum absolute atomic E-state index is 0.242. The van der Waals surface area contributed by atoms with Crippen molar-refractivity contribution in [2.45, 2.75) is 11.3 Å². The summed E-state index contributed by atoms with van der Waals surface area (Å²) in [5.74, 6) is 1.04. The van der Waals surface area contributed by atoms with Gasteiger partial charge in [-0.2, -0.15) is 0 Å². The lowest BCUT2D eigenvalue weighted by Gasteiger charge is -2.36. The Balaban J connectivity index is 1.41. The van der Waals surface area contributed by atoms with Crippen LogP contribution in [0.1, 0.15) is 6.42 Å². The minimum atomic E-state index is 0.242. The molecular weight excluding hydrogens is 342 g/mol. The van der Waals surface area contributed by atoms with Crippen LogP contribution in [0, 0.1) is 0 Å². The average molecular weight is 362 g/mol. The van der Waals surface area contributed by atoms with E-state index >= 15 is 0 Å². The summed E-state index contributed by atoms with van der Waals surface area (Å²) in [5.41, 5.74) is 1.18. The average Bonchev–Trinajstić information content (AvgIpc) is 2.64. The number of aromatic nitrogens is 1. The van der Waals surface area contributed by atoms with Crippen molar-refractivity contribution < 1.29 is 4.79 Å². The molecule has 24 heavy (non-hydrogen) atoms. The monoisotopic (exact) mass is 361 g/mol. The van der Waals surface area contributed by atoms with E-state index in [1.54, 1.807) is 24.2 Å². The van der Waals surface area contributed by atoms with Gasteiger partial charge in [-0.3, -0.25) is 9.78 Å². The molecule has 2 heterocycles. The fraction of sp³-hybridized carbons (Fsp3) is 0.333. The van der Waals surface area contributed by atoms with E-state index in [0.29, 0.717) is 6.42 Å². The van der Waals surface area contributed by atoms with Gasteiger partial charge in [0.15, 0.2) is 0 Å². The first-order valence-electron chi connectivity index (χ1n) is 8.03. The molecule has 1 aromatic heterocycles. The fourth-order valence-electron chi connectivity index (χ4n) is 2.71. The highest BCUT2D eigenvalue weighted by molar-refractivity contribution is 7.99. The van der Waals surface area contributed by atoms with Crippen LogP contribution >= 0.6 is 23.4 Å². The second kappa shape index (κ2) is 8.40. The van der Waals surface area contributed by atoms with Gasteiger partial charge in [-0.1, -0.05) is 11.6 Å². The molecule has 4 nitrogen and oxygen atoms in total. The lowest BCUT2D eigenvalue weighted by molar-refractivity contribution is -0.131. The van der Waals surface area contributed by atoms with Crippen LogP contribution < -0.4 is 4.90 Å². The number of rotatable bonds is 5. The first-order chi connectivity index (χ1) is 11.7. The number of piperazine rings is 1. The van der Waals surface area contributed by atoms with E-state index in [2.05, 4.69) is 9.88 Å². The Morgan fingerprint density at radius 1 is 1.04 bits per heavy atom. The molecule has 0 unspecified atom stereocenters. The van der Waals surface area contributed by atoms with Gasteiger partial charge in [0.2, 0.25) is 5.91 Å². The van der Waals surface area contributed by atoms with Gasteiger partial charge >= 0.3 is 0 Å². The third-order valence-electron chi connectivity index (χ3n) is 4.06. The van der Waals surface area contributed by atoms with Crippen molar-refractivity contribution in [3.63, 3.8) is 0 Å². The van der Waals surface area contributed by atoms with Crippen molar-refractivity contribution in [1.82, 2.24) is 9.88 Å². The van der Waals surface area contributed by atoms with Gasteiger partial charge in [0.25, 0.3) is 0 Å². The number of nitrogens with zero attached hydrogens (tertiary/aromatic N) is 3. The number of anilines is 1. The van der Waals surface area contributed by atoms with E-state index in [1.165, 1.54) is 5.69 Å². The molecule has 0 bridgehead atoms. The fourth-order valence-corrected chi connectivity index (χ4v) is 3.68. The molecule has 0 saturated carbocycles. The van der Waals surface area contributed by atoms with Crippen LogP contribution in [0.2, 0.25) is 5.02 Å². The molecule has 0 aliphatic carbocycles. The molecule has 126 valence electrons. The number of pyridine rings is 1. The standard InChI is InChI=1S/C18H20ClN3OS/c19-15-1-3-17(4-2-15)24-14-7-18(23)22-12-10-21(11-13-22)16-5-8-20-9-6-16/h1-6,8-9H,7,10-14H2.